The Morgan fingerprint density at radius 3 is 3.00 bits per heavy atom. The van der Waals surface area contributed by atoms with Crippen LogP contribution in [0, 0.1) is 0 Å². The first-order valence-electron chi connectivity index (χ1n) is 5.46. The Morgan fingerprint density at radius 1 is 1.67 bits per heavy atom. The average Bonchev–Trinajstić information content (AvgIpc) is 2.25. The Bertz CT molecular complexity index is 250. The van der Waals surface area contributed by atoms with E-state index >= 15 is 0 Å². The van der Waals surface area contributed by atoms with E-state index in [1.807, 2.05) is 6.92 Å². The summed E-state index contributed by atoms with van der Waals surface area (Å²) < 4.78 is 5.44. The molecule has 0 spiro atoms. The molecule has 2 N–H and O–H groups in total. The Kier molecular flexibility index (Phi) is 4.62. The van der Waals surface area contributed by atoms with Crippen LogP contribution in [0.1, 0.15) is 20.3 Å². The van der Waals surface area contributed by atoms with E-state index in [0.29, 0.717) is 12.5 Å². The van der Waals surface area contributed by atoms with Crippen LogP contribution in [-0.4, -0.2) is 43.2 Å². The van der Waals surface area contributed by atoms with E-state index in [0.717, 1.165) is 31.7 Å². The van der Waals surface area contributed by atoms with Gasteiger partial charge in [-0.1, -0.05) is 19.1 Å². The monoisotopic (exact) mass is 211 g/mol. The number of hydrogen-bond acceptors (Lipinski definition) is 2. The molecule has 0 aromatic carbocycles. The van der Waals surface area contributed by atoms with E-state index in [9.17, 15) is 0 Å². The van der Waals surface area contributed by atoms with Gasteiger partial charge in [0.15, 0.2) is 5.96 Å². The molecule has 4 nitrogen and oxygen atoms in total. The molecular weight excluding hydrogens is 190 g/mol. The third kappa shape index (κ3) is 3.91. The summed E-state index contributed by atoms with van der Waals surface area (Å²) in [7, 11) is 0. The Morgan fingerprint density at radius 2 is 2.40 bits per heavy atom. The highest BCUT2D eigenvalue weighted by atomic mass is 16.5. The molecule has 0 aromatic rings. The van der Waals surface area contributed by atoms with Gasteiger partial charge in [0.2, 0.25) is 0 Å². The number of rotatable bonds is 3. The van der Waals surface area contributed by atoms with Crippen molar-refractivity contribution in [2.75, 3.05) is 26.2 Å². The van der Waals surface area contributed by atoms with E-state index in [2.05, 4.69) is 23.4 Å². The predicted octanol–water partition coefficient (Wildman–Crippen LogP) is 0.988. The highest BCUT2D eigenvalue weighted by molar-refractivity contribution is 5.78. The molecule has 1 fully saturated rings. The number of nitrogens with zero attached hydrogens (tertiary/aromatic N) is 2. The lowest BCUT2D eigenvalue weighted by Crippen LogP contribution is -2.47. The van der Waals surface area contributed by atoms with Crippen LogP contribution in [0.25, 0.3) is 0 Å². The second-order valence-electron chi connectivity index (χ2n) is 3.91. The molecule has 0 saturated carbocycles. The number of nitrogens with two attached hydrogens (primary N) is 1. The summed E-state index contributed by atoms with van der Waals surface area (Å²) >= 11 is 0. The minimum absolute atomic E-state index is 0.238. The van der Waals surface area contributed by atoms with E-state index in [1.165, 1.54) is 0 Å². The molecule has 0 aromatic heterocycles. The minimum atomic E-state index is 0.238. The quantitative estimate of drug-likeness (QED) is 0.430. The fourth-order valence-electron chi connectivity index (χ4n) is 1.43. The number of aliphatic imine (C=N–C) groups is 1. The van der Waals surface area contributed by atoms with Crippen molar-refractivity contribution in [2.24, 2.45) is 10.7 Å². The van der Waals surface area contributed by atoms with Crippen LogP contribution in [0.15, 0.2) is 17.1 Å². The van der Waals surface area contributed by atoms with Crippen LogP contribution in [0.3, 0.4) is 0 Å². The SMILES string of the molecule is C=C(CC)CN=C(N)N1CCOC(C)C1. The van der Waals surface area contributed by atoms with Gasteiger partial charge >= 0.3 is 0 Å². The molecule has 0 bridgehead atoms. The summed E-state index contributed by atoms with van der Waals surface area (Å²) in [4.78, 5) is 6.38. The van der Waals surface area contributed by atoms with Crippen molar-refractivity contribution >= 4 is 5.96 Å². The third-order valence-electron chi connectivity index (χ3n) is 2.53. The molecule has 0 aliphatic carbocycles. The second kappa shape index (κ2) is 5.75. The maximum atomic E-state index is 5.89. The average molecular weight is 211 g/mol. The van der Waals surface area contributed by atoms with Crippen molar-refractivity contribution in [1.29, 1.82) is 0 Å². The number of morpholine rings is 1. The van der Waals surface area contributed by atoms with Crippen LogP contribution >= 0.6 is 0 Å². The number of guanidine groups is 1. The van der Waals surface area contributed by atoms with Crippen molar-refractivity contribution in [3.8, 4) is 0 Å². The fraction of sp³-hybridized carbons (Fsp3) is 0.727. The van der Waals surface area contributed by atoms with Gasteiger partial charge in [0.05, 0.1) is 19.3 Å². The van der Waals surface area contributed by atoms with Gasteiger partial charge in [0, 0.05) is 13.1 Å². The molecule has 4 heteroatoms. The van der Waals surface area contributed by atoms with Gasteiger partial charge in [0.25, 0.3) is 0 Å². The lowest BCUT2D eigenvalue weighted by molar-refractivity contribution is 0.00532. The van der Waals surface area contributed by atoms with Gasteiger partial charge < -0.3 is 15.4 Å². The van der Waals surface area contributed by atoms with Gasteiger partial charge in [-0.3, -0.25) is 0 Å². The first-order chi connectivity index (χ1) is 7.13. The zero-order valence-electron chi connectivity index (χ0n) is 9.70. The summed E-state index contributed by atoms with van der Waals surface area (Å²) in [6.07, 6.45) is 1.19. The van der Waals surface area contributed by atoms with Crippen molar-refractivity contribution in [1.82, 2.24) is 4.90 Å². The van der Waals surface area contributed by atoms with E-state index < -0.39 is 0 Å². The number of ether oxygens (including phenoxy) is 1. The molecule has 0 radical (unpaired) electrons. The van der Waals surface area contributed by atoms with Crippen molar-refractivity contribution < 1.29 is 4.74 Å². The molecule has 1 heterocycles. The largest absolute Gasteiger partial charge is 0.375 e. The molecule has 1 aliphatic rings. The topological polar surface area (TPSA) is 50.8 Å². The van der Waals surface area contributed by atoms with Crippen molar-refractivity contribution in [3.63, 3.8) is 0 Å². The molecule has 1 saturated heterocycles. The predicted molar refractivity (Wildman–Crippen MR) is 62.9 cm³/mol. The normalized spacial score (nSPS) is 22.9. The van der Waals surface area contributed by atoms with Gasteiger partial charge in [-0.15, -0.1) is 0 Å². The highest BCUT2D eigenvalue weighted by Gasteiger charge is 2.17. The van der Waals surface area contributed by atoms with Crippen LogP contribution in [0.4, 0.5) is 0 Å². The van der Waals surface area contributed by atoms with E-state index in [4.69, 9.17) is 10.5 Å². The van der Waals surface area contributed by atoms with Gasteiger partial charge in [-0.25, -0.2) is 4.99 Å². The number of hydrogen-bond donors (Lipinski definition) is 1. The summed E-state index contributed by atoms with van der Waals surface area (Å²) in [5, 5.41) is 0. The summed E-state index contributed by atoms with van der Waals surface area (Å²) in [6.45, 7) is 11.0. The molecule has 15 heavy (non-hydrogen) atoms. The van der Waals surface area contributed by atoms with Crippen molar-refractivity contribution in [2.45, 2.75) is 26.4 Å². The Hall–Kier alpha value is -1.03. The second-order valence-corrected chi connectivity index (χ2v) is 3.91. The smallest absolute Gasteiger partial charge is 0.191 e. The van der Waals surface area contributed by atoms with E-state index in [1.54, 1.807) is 0 Å². The molecule has 1 unspecified atom stereocenters. The highest BCUT2D eigenvalue weighted by Crippen LogP contribution is 2.04. The Balaban J connectivity index is 2.44. The molecular formula is C11H21N3O. The van der Waals surface area contributed by atoms with Gasteiger partial charge in [0.1, 0.15) is 0 Å². The van der Waals surface area contributed by atoms with Gasteiger partial charge in [-0.05, 0) is 13.3 Å². The Labute approximate surface area is 91.8 Å². The van der Waals surface area contributed by atoms with E-state index in [-0.39, 0.29) is 6.10 Å². The maximum Gasteiger partial charge on any atom is 0.191 e. The molecule has 86 valence electrons. The zero-order valence-corrected chi connectivity index (χ0v) is 9.70. The summed E-state index contributed by atoms with van der Waals surface area (Å²) in [6, 6.07) is 0. The first kappa shape index (κ1) is 12.0. The lowest BCUT2D eigenvalue weighted by Gasteiger charge is -2.31. The molecule has 1 rings (SSSR count). The summed E-state index contributed by atoms with van der Waals surface area (Å²) in [5.41, 5.74) is 7.00. The fourth-order valence-corrected chi connectivity index (χ4v) is 1.43. The summed E-state index contributed by atoms with van der Waals surface area (Å²) in [5.74, 6) is 0.611. The van der Waals surface area contributed by atoms with Crippen LogP contribution in [0.2, 0.25) is 0 Å². The van der Waals surface area contributed by atoms with Gasteiger partial charge in [-0.2, -0.15) is 0 Å². The standard InChI is InChI=1S/C11H21N3O/c1-4-9(2)7-13-11(12)14-5-6-15-10(3)8-14/h10H,2,4-8H2,1,3H3,(H2,12,13). The molecule has 1 atom stereocenters. The third-order valence-corrected chi connectivity index (χ3v) is 2.53. The molecule has 0 amide bonds. The first-order valence-corrected chi connectivity index (χ1v) is 5.46. The lowest BCUT2D eigenvalue weighted by atomic mass is 10.2. The maximum absolute atomic E-state index is 5.89. The molecule has 1 aliphatic heterocycles. The van der Waals surface area contributed by atoms with Crippen LogP contribution < -0.4 is 5.73 Å². The minimum Gasteiger partial charge on any atom is -0.375 e. The zero-order chi connectivity index (χ0) is 11.3. The van der Waals surface area contributed by atoms with Crippen LogP contribution in [0.5, 0.6) is 0 Å². The van der Waals surface area contributed by atoms with Crippen LogP contribution in [-0.2, 0) is 4.74 Å². The van der Waals surface area contributed by atoms with Crippen molar-refractivity contribution in [3.05, 3.63) is 12.2 Å².